The molecular formula is C19H21F3N2O3. The van der Waals surface area contributed by atoms with Crippen molar-refractivity contribution in [2.75, 3.05) is 0 Å². The number of fused-ring (bicyclic) bond motifs is 1. The van der Waals surface area contributed by atoms with Crippen molar-refractivity contribution in [2.45, 2.75) is 51.4 Å². The summed E-state index contributed by atoms with van der Waals surface area (Å²) in [6, 6.07) is 3.68. The Morgan fingerprint density at radius 2 is 1.78 bits per heavy atom. The van der Waals surface area contributed by atoms with Gasteiger partial charge in [-0.2, -0.15) is 13.2 Å². The summed E-state index contributed by atoms with van der Waals surface area (Å²) in [6.07, 6.45) is -1.36. The van der Waals surface area contributed by atoms with Gasteiger partial charge in [0.05, 0.1) is 17.4 Å². The third kappa shape index (κ3) is 3.84. The van der Waals surface area contributed by atoms with Gasteiger partial charge in [0.2, 0.25) is 17.7 Å². The minimum Gasteiger partial charge on any atom is -0.350 e. The molecule has 1 saturated heterocycles. The number of halogens is 3. The maximum absolute atomic E-state index is 12.8. The van der Waals surface area contributed by atoms with Crippen molar-refractivity contribution < 1.29 is 27.6 Å². The van der Waals surface area contributed by atoms with E-state index in [1.54, 1.807) is 0 Å². The van der Waals surface area contributed by atoms with Gasteiger partial charge >= 0.3 is 6.18 Å². The molecule has 2 aliphatic rings. The van der Waals surface area contributed by atoms with Crippen molar-refractivity contribution in [3.05, 3.63) is 35.4 Å². The second-order valence-electron chi connectivity index (χ2n) is 7.14. The highest BCUT2D eigenvalue weighted by Gasteiger charge is 2.50. The number of hydrogen-bond donors (Lipinski definition) is 1. The van der Waals surface area contributed by atoms with E-state index in [-0.39, 0.29) is 35.8 Å². The van der Waals surface area contributed by atoms with E-state index in [0.29, 0.717) is 12.8 Å². The van der Waals surface area contributed by atoms with E-state index in [0.717, 1.165) is 29.9 Å². The average molecular weight is 382 g/mol. The predicted octanol–water partition coefficient (Wildman–Crippen LogP) is 2.89. The van der Waals surface area contributed by atoms with Crippen LogP contribution in [0.15, 0.2) is 24.3 Å². The Labute approximate surface area is 154 Å². The largest absolute Gasteiger partial charge is 0.416 e. The van der Waals surface area contributed by atoms with Crippen LogP contribution in [0.1, 0.15) is 43.7 Å². The second kappa shape index (κ2) is 7.32. The van der Waals surface area contributed by atoms with E-state index in [2.05, 4.69) is 5.32 Å². The number of amides is 3. The molecule has 1 N–H and O–H groups in total. The first kappa shape index (κ1) is 19.4. The van der Waals surface area contributed by atoms with Gasteiger partial charge in [-0.1, -0.05) is 25.0 Å². The minimum atomic E-state index is -4.46. The van der Waals surface area contributed by atoms with Crippen molar-refractivity contribution in [1.82, 2.24) is 10.2 Å². The van der Waals surface area contributed by atoms with E-state index >= 15 is 0 Å². The number of carbonyl (C=O) groups is 3. The number of nitrogens with zero attached hydrogens (tertiary/aromatic N) is 1. The van der Waals surface area contributed by atoms with E-state index in [4.69, 9.17) is 0 Å². The molecule has 3 unspecified atom stereocenters. The number of imide groups is 1. The van der Waals surface area contributed by atoms with Crippen molar-refractivity contribution in [3.8, 4) is 0 Å². The lowest BCUT2D eigenvalue weighted by atomic mass is 9.81. The van der Waals surface area contributed by atoms with Gasteiger partial charge in [-0.25, -0.2) is 0 Å². The lowest BCUT2D eigenvalue weighted by molar-refractivity contribution is -0.147. The first-order chi connectivity index (χ1) is 12.7. The van der Waals surface area contributed by atoms with Crippen LogP contribution in [0.25, 0.3) is 0 Å². The zero-order valence-electron chi connectivity index (χ0n) is 14.9. The highest BCUT2D eigenvalue weighted by Crippen LogP contribution is 2.38. The fraction of sp³-hybridized carbons (Fsp3) is 0.526. The standard InChI is InChI=1S/C19H21F3N2O3/c1-11(24-17(26)14-7-2-3-8-15(14)18(24)27)16(25)23-10-12-5-4-6-13(9-12)19(20,21)22/h4-6,9,11,14-15H,2-3,7-8,10H2,1H3,(H,23,25). The molecule has 3 rings (SSSR count). The first-order valence-corrected chi connectivity index (χ1v) is 9.01. The van der Waals surface area contributed by atoms with E-state index in [9.17, 15) is 27.6 Å². The smallest absolute Gasteiger partial charge is 0.350 e. The van der Waals surface area contributed by atoms with Crippen LogP contribution in [0.5, 0.6) is 0 Å². The molecule has 3 amide bonds. The van der Waals surface area contributed by atoms with Crippen LogP contribution in [0.2, 0.25) is 0 Å². The number of hydrogen-bond acceptors (Lipinski definition) is 3. The van der Waals surface area contributed by atoms with Gasteiger partial charge in [-0.3, -0.25) is 19.3 Å². The van der Waals surface area contributed by atoms with Gasteiger partial charge < -0.3 is 5.32 Å². The average Bonchev–Trinajstić information content (AvgIpc) is 2.90. The molecule has 1 aliphatic carbocycles. The van der Waals surface area contributed by atoms with Crippen molar-refractivity contribution in [3.63, 3.8) is 0 Å². The molecular weight excluding hydrogens is 361 g/mol. The Hall–Kier alpha value is -2.38. The quantitative estimate of drug-likeness (QED) is 0.815. The molecule has 0 radical (unpaired) electrons. The lowest BCUT2D eigenvalue weighted by Gasteiger charge is -2.22. The first-order valence-electron chi connectivity index (χ1n) is 9.01. The number of alkyl halides is 3. The predicted molar refractivity (Wildman–Crippen MR) is 90.1 cm³/mol. The summed E-state index contributed by atoms with van der Waals surface area (Å²) in [4.78, 5) is 38.5. The Morgan fingerprint density at radius 3 is 2.33 bits per heavy atom. The fourth-order valence-corrected chi connectivity index (χ4v) is 3.88. The molecule has 8 heteroatoms. The zero-order valence-corrected chi connectivity index (χ0v) is 14.9. The molecule has 1 aromatic rings. The Balaban J connectivity index is 1.65. The van der Waals surface area contributed by atoms with Crippen molar-refractivity contribution in [1.29, 1.82) is 0 Å². The molecule has 1 aromatic carbocycles. The van der Waals surface area contributed by atoms with E-state index < -0.39 is 23.7 Å². The summed E-state index contributed by atoms with van der Waals surface area (Å²) < 4.78 is 38.3. The second-order valence-corrected chi connectivity index (χ2v) is 7.14. The third-order valence-electron chi connectivity index (χ3n) is 5.36. The molecule has 1 saturated carbocycles. The third-order valence-corrected chi connectivity index (χ3v) is 5.36. The highest BCUT2D eigenvalue weighted by atomic mass is 19.4. The Morgan fingerprint density at radius 1 is 1.19 bits per heavy atom. The number of benzene rings is 1. The monoisotopic (exact) mass is 382 g/mol. The van der Waals surface area contributed by atoms with E-state index in [1.165, 1.54) is 19.1 Å². The zero-order chi connectivity index (χ0) is 19.8. The van der Waals surface area contributed by atoms with Crippen LogP contribution >= 0.6 is 0 Å². The molecule has 3 atom stereocenters. The number of nitrogens with one attached hydrogen (secondary N) is 1. The van der Waals surface area contributed by atoms with Gasteiger partial charge in [0, 0.05) is 6.54 Å². The highest BCUT2D eigenvalue weighted by molar-refractivity contribution is 6.08. The molecule has 146 valence electrons. The van der Waals surface area contributed by atoms with Crippen LogP contribution < -0.4 is 5.32 Å². The van der Waals surface area contributed by atoms with Crippen LogP contribution in [0.3, 0.4) is 0 Å². The van der Waals surface area contributed by atoms with Crippen LogP contribution in [0, 0.1) is 11.8 Å². The number of carbonyl (C=O) groups excluding carboxylic acids is 3. The molecule has 0 spiro atoms. The maximum Gasteiger partial charge on any atom is 0.416 e. The van der Waals surface area contributed by atoms with Gasteiger partial charge in [-0.15, -0.1) is 0 Å². The summed E-state index contributed by atoms with van der Waals surface area (Å²) in [5, 5.41) is 2.52. The topological polar surface area (TPSA) is 66.5 Å². The number of likely N-dealkylation sites (tertiary alicyclic amines) is 1. The summed E-state index contributed by atoms with van der Waals surface area (Å²) in [6.45, 7) is 1.35. The molecule has 0 aromatic heterocycles. The summed E-state index contributed by atoms with van der Waals surface area (Å²) >= 11 is 0. The van der Waals surface area contributed by atoms with Gasteiger partial charge in [0.1, 0.15) is 6.04 Å². The molecule has 0 bridgehead atoms. The van der Waals surface area contributed by atoms with Gasteiger partial charge in [0.15, 0.2) is 0 Å². The van der Waals surface area contributed by atoms with Gasteiger partial charge in [-0.05, 0) is 37.5 Å². The lowest BCUT2D eigenvalue weighted by Crippen LogP contribution is -2.48. The molecule has 27 heavy (non-hydrogen) atoms. The van der Waals surface area contributed by atoms with Crippen LogP contribution in [0.4, 0.5) is 13.2 Å². The fourth-order valence-electron chi connectivity index (χ4n) is 3.88. The molecule has 5 nitrogen and oxygen atoms in total. The Bertz CT molecular complexity index is 739. The molecule has 1 aliphatic heterocycles. The SMILES string of the molecule is CC(C(=O)NCc1cccc(C(F)(F)F)c1)N1C(=O)C2CCCCC2C1=O. The van der Waals surface area contributed by atoms with E-state index in [1.807, 2.05) is 0 Å². The van der Waals surface area contributed by atoms with Crippen molar-refractivity contribution in [2.24, 2.45) is 11.8 Å². The summed E-state index contributed by atoms with van der Waals surface area (Å²) in [5.41, 5.74) is -0.505. The minimum absolute atomic E-state index is 0.115. The Kier molecular flexibility index (Phi) is 5.26. The molecule has 1 heterocycles. The maximum atomic E-state index is 12.8. The van der Waals surface area contributed by atoms with Crippen LogP contribution in [-0.4, -0.2) is 28.7 Å². The van der Waals surface area contributed by atoms with Gasteiger partial charge in [0.25, 0.3) is 0 Å². The van der Waals surface area contributed by atoms with Crippen LogP contribution in [-0.2, 0) is 27.1 Å². The number of rotatable bonds is 4. The summed E-state index contributed by atoms with van der Waals surface area (Å²) in [7, 11) is 0. The normalized spacial score (nSPS) is 23.9. The summed E-state index contributed by atoms with van der Waals surface area (Å²) in [5.74, 6) is -1.87. The van der Waals surface area contributed by atoms with Crippen molar-refractivity contribution >= 4 is 17.7 Å². The molecule has 2 fully saturated rings.